The van der Waals surface area contributed by atoms with Crippen LogP contribution in [-0.4, -0.2) is 33.3 Å². The fourth-order valence-electron chi connectivity index (χ4n) is 6.66. The Morgan fingerprint density at radius 2 is 0.292 bits per heavy atom. The van der Waals surface area contributed by atoms with Crippen LogP contribution in [0.5, 0.6) is 0 Å². The van der Waals surface area contributed by atoms with Crippen LogP contribution < -0.4 is 5.46 Å². The Morgan fingerprint density at radius 1 is 0.167 bits per heavy atom. The summed E-state index contributed by atoms with van der Waals surface area (Å²) in [7, 11) is 182. The van der Waals surface area contributed by atoms with Gasteiger partial charge in [-0.05, 0) is 54.7 Å². The molecule has 0 saturated carbocycles. The number of nitrogens with zero attached hydrogens (tertiary/aromatic N) is 3. The molecule has 0 aliphatic carbocycles. The van der Waals surface area contributed by atoms with Crippen LogP contribution in [-0.2, 0) is 929 Å². The van der Waals surface area contributed by atoms with Gasteiger partial charge in [0.2, 0.25) is 0 Å². The summed E-state index contributed by atoms with van der Waals surface area (Å²) < 4.78 is 13.2. The first kappa shape index (κ1) is 151. The Balaban J connectivity index is 0.000000627. The first-order chi connectivity index (χ1) is 71.2. The molecule has 1 saturated heterocycles. The minimum Gasteiger partial charge on any atom is -0.399 e. The van der Waals surface area contributed by atoms with Gasteiger partial charge in [-0.1, -0.05) is 109 Å². The number of fused-ring (bicyclic) bond motifs is 2. The molecule has 1 aromatic heterocycles. The summed E-state index contributed by atoms with van der Waals surface area (Å²) in [5, 5.41) is 4.20. The topological polar surface area (TPSA) is 57.1 Å². The van der Waals surface area contributed by atoms with Gasteiger partial charge in [-0.15, -0.1) is 0 Å². The Hall–Kier alpha value is 18.3. The maximum absolute atomic E-state index is 6.60. The molecule has 6 aromatic rings. The van der Waals surface area contributed by atoms with Crippen molar-refractivity contribution >= 4 is 953 Å². The van der Waals surface area contributed by atoms with E-state index in [2.05, 4.69) is 76.2 Å². The maximum atomic E-state index is 6.60. The summed E-state index contributed by atoms with van der Waals surface area (Å²) in [6, 6.07) is 37.0. The Bertz CT molecular complexity index is 10600. The van der Waals surface area contributed by atoms with Crippen LogP contribution in [0.3, 0.4) is 0 Å². The molecule has 109 heteroatoms. The maximum Gasteiger partial charge on any atom is 0.496 e. The van der Waals surface area contributed by atoms with E-state index in [0.717, 1.165) is 43.7 Å². The average Bonchev–Trinajstić information content (AvgIpc) is 1.36. The molecule has 7 rings (SSSR count). The van der Waals surface area contributed by atoms with E-state index in [4.69, 9.17) is 46.6 Å². The van der Waals surface area contributed by atoms with Crippen molar-refractivity contribution in [3.63, 3.8) is 0 Å². The van der Waals surface area contributed by atoms with E-state index in [-0.39, 0.29) is 0 Å². The minimum atomic E-state index is -0.512. The lowest BCUT2D eigenvalue weighted by atomic mass is 9.72. The first-order valence-corrected chi connectivity index (χ1v) is 167. The highest BCUT2D eigenvalue weighted by molar-refractivity contribution is 8.88. The fraction of sp³-hybridized carbons (Fsp3) is 0.171. The Morgan fingerprint density at radius 3 is 0.438 bits per heavy atom. The zero-order chi connectivity index (χ0) is 102. The molecule has 5 aromatic carbocycles. The Kier molecular flexibility index (Phi) is 120. The monoisotopic (exact) mass is 3830 g/mol. The number of benzene rings is 5. The molecule has 0 bridgehead atoms. The molecule has 1 aliphatic rings. The molecule has 0 amide bonds. The number of hydrogen-bond donors (Lipinski definition) is 0. The number of rotatable bonds is 4. The highest BCUT2D eigenvalue weighted by Crippen LogP contribution is 2.41. The molecule has 0 atom stereocenters. The fourth-order valence-corrected chi connectivity index (χ4v) is 278. The zero-order valence-corrected chi connectivity index (χ0v) is 150. The number of aromatic nitrogens is 3. The van der Waals surface area contributed by atoms with Gasteiger partial charge in [0.15, 0.2) is 17.5 Å². The van der Waals surface area contributed by atoms with Crippen LogP contribution in [0.15, 0.2) is 109 Å². The molecular formula is C35H30BN3O2S103. The van der Waals surface area contributed by atoms with Crippen molar-refractivity contribution < 1.29 is 9.31 Å². The molecule has 818 valence electrons. The quantitative estimate of drug-likeness (QED) is 0.137. The van der Waals surface area contributed by atoms with Gasteiger partial charge >= 0.3 is 7.12 Å². The molecule has 1 fully saturated rings. The smallest absolute Gasteiger partial charge is 0.399 e. The van der Waals surface area contributed by atoms with Crippen LogP contribution in [0.4, 0.5) is 0 Å². The summed E-state index contributed by atoms with van der Waals surface area (Å²) in [6.07, 6.45) is 0. The first-order valence-electron chi connectivity index (χ1n) is 31.0. The second kappa shape index (κ2) is 114. The molecule has 1 aliphatic heterocycles. The van der Waals surface area contributed by atoms with Crippen LogP contribution in [0.1, 0.15) is 27.7 Å². The molecule has 0 N–H and O–H groups in total. The minimum absolute atomic E-state index is 0.456. The standard InChI is InChI=1S/C35H30BN3O2.S103/c1-34(2)35(3,4)41-36(40-34)30-27-21-13-11-19-25(27)29(26-20-12-14-22-28(26)30)33-38-31(23-15-7-5-8-16-23)37-32(39-33)24-17-9-6-10-18-24;1-3-5-7-9-11-13-15-17-19-21-23-25-27-29-31-33-35-37-39-41-43-45-47-49-51-53-55-57-59-61-63-65-67-69-71-73-75-77-79-81-83-85-87-89-91-93-95-97-99-101-103-102-100-98-96-94-92-90-88-86-84-82-80-78-76-74-72-70-68-66-64-62-60-58-56-54-52-50-48-46-44-42-40-38-36-34-32-30-28-26-24-22-20-18-16-14-12-10-8-6-4-2/h5-22H,1-4H3;. The third kappa shape index (κ3) is 84.6. The average molecular weight is 3840 g/mol. The van der Waals surface area contributed by atoms with Gasteiger partial charge < -0.3 is 9.31 Å². The Labute approximate surface area is 1130 Å². The van der Waals surface area contributed by atoms with E-state index in [9.17, 15) is 0 Å². The van der Waals surface area contributed by atoms with E-state index >= 15 is 0 Å². The second-order valence-electron chi connectivity index (χ2n) is 18.4. The van der Waals surface area contributed by atoms with Gasteiger partial charge in [0.05, 0.1) is 11.2 Å². The third-order valence-electron chi connectivity index (χ3n) is 11.2. The summed E-state index contributed by atoms with van der Waals surface area (Å²) in [4.78, 5) is 15.1. The van der Waals surface area contributed by atoms with Gasteiger partial charge in [0.25, 0.3) is 0 Å². The van der Waals surface area contributed by atoms with Crippen molar-refractivity contribution in [3.8, 4) is 34.2 Å². The molecule has 0 spiro atoms. The molecule has 0 unspecified atom stereocenters. The summed E-state index contributed by atoms with van der Waals surface area (Å²) in [5.74, 6) is 1.90. The highest BCUT2D eigenvalue weighted by atomic mass is 33.6. The van der Waals surface area contributed by atoms with Crippen LogP contribution in [0, 0.1) is 0 Å². The SMILES string of the molecule is CC1(C)OB(c2c3ccccc3c(-c3nc(-c4ccccc4)nc(-c4ccccc4)n3)c3ccccc23)OC1(C)C.S=S=S=S=S=S=S=S=S=S=S=S=S=S=S=S=S=S=S=S=S=S=S=S=S=S=S=S=S=S=S=S=S=S=S=S=S=S=S=S=S=S=S=S=S=S=S=S=S=S=S=S=S=S=S=S=S=S=S=S=S=S=S=S=S=S=S=S=S=S=S=S=S=S=S=S=S=S=S=S=S=S=S=S=S=S=S=S=S=S=S=S=S=S=S=S=S=S=S=S=S=S=S. The van der Waals surface area contributed by atoms with Gasteiger partial charge in [-0.25, -0.2) is 15.0 Å². The van der Waals surface area contributed by atoms with Crippen molar-refractivity contribution in [2.75, 3.05) is 0 Å². The molecular weight excluding hydrogens is 3810 g/mol. The number of hydrogen-bond acceptors (Lipinski definition) is 7. The van der Waals surface area contributed by atoms with E-state index < -0.39 is 18.3 Å². The van der Waals surface area contributed by atoms with Crippen molar-refractivity contribution in [2.45, 2.75) is 38.9 Å². The van der Waals surface area contributed by atoms with Crippen molar-refractivity contribution in [1.82, 2.24) is 15.0 Å². The summed E-state index contributed by atoms with van der Waals surface area (Å²) in [5.41, 5.74) is 2.96. The van der Waals surface area contributed by atoms with Crippen LogP contribution >= 0.6 is 0 Å². The lowest BCUT2D eigenvalue weighted by molar-refractivity contribution is 0.00578. The van der Waals surface area contributed by atoms with E-state index in [1.54, 1.807) is 107 Å². The zero-order valence-electron chi connectivity index (χ0n) is 65.7. The second-order valence-corrected chi connectivity index (χ2v) is 197. The third-order valence-corrected chi connectivity index (χ3v) is 233. The lowest BCUT2D eigenvalue weighted by Crippen LogP contribution is -2.41. The van der Waals surface area contributed by atoms with Crippen LogP contribution in [0.2, 0.25) is 0 Å². The summed E-state index contributed by atoms with van der Waals surface area (Å²) >= 11 is 9.66. The van der Waals surface area contributed by atoms with Crippen molar-refractivity contribution in [2.24, 2.45) is 0 Å². The molecule has 144 heavy (non-hydrogen) atoms. The lowest BCUT2D eigenvalue weighted by Gasteiger charge is -2.32. The van der Waals surface area contributed by atoms with Gasteiger partial charge in [0.1, 0.15) is 0 Å². The predicted octanol–water partition coefficient (Wildman–Crippen LogP) is 7.23. The predicted molar refractivity (Wildman–Crippen MR) is 925 cm³/mol. The molecule has 2 heterocycles. The van der Waals surface area contributed by atoms with E-state index in [0.29, 0.717) is 17.5 Å². The van der Waals surface area contributed by atoms with Gasteiger partial charge in [-0.2, -0.15) is 0 Å². The van der Waals surface area contributed by atoms with Crippen molar-refractivity contribution in [3.05, 3.63) is 109 Å². The van der Waals surface area contributed by atoms with E-state index in [1.165, 1.54) is 17.8 Å². The van der Waals surface area contributed by atoms with E-state index in [1.807, 2.05) is 833 Å². The molecule has 5 nitrogen and oxygen atoms in total. The summed E-state index contributed by atoms with van der Waals surface area (Å²) in [6.45, 7) is 8.36. The van der Waals surface area contributed by atoms with Gasteiger partial charge in [-0.3, -0.25) is 0 Å². The van der Waals surface area contributed by atoms with Crippen molar-refractivity contribution in [1.29, 1.82) is 0 Å². The largest absolute Gasteiger partial charge is 0.496 e. The molecule has 0 radical (unpaired) electrons. The van der Waals surface area contributed by atoms with Crippen LogP contribution in [0.25, 0.3) is 55.7 Å². The van der Waals surface area contributed by atoms with Gasteiger partial charge in [0, 0.05) is 936 Å². The normalized spacial score (nSPS) is 10.2. The highest BCUT2D eigenvalue weighted by Gasteiger charge is 2.52.